The lowest BCUT2D eigenvalue weighted by Gasteiger charge is -2.04. The molecule has 0 radical (unpaired) electrons. The molecule has 2 rings (SSSR count). The molecule has 82 valence electrons. The Balaban J connectivity index is 2.17. The second kappa shape index (κ2) is 4.18. The van der Waals surface area contributed by atoms with E-state index in [1.165, 1.54) is 6.20 Å². The van der Waals surface area contributed by atoms with Gasteiger partial charge < -0.3 is 4.74 Å². The van der Waals surface area contributed by atoms with E-state index in [0.29, 0.717) is 11.3 Å². The van der Waals surface area contributed by atoms with Gasteiger partial charge in [-0.3, -0.25) is 4.68 Å². The molecule has 0 fully saturated rings. The molecule has 16 heavy (non-hydrogen) atoms. The van der Waals surface area contributed by atoms with Gasteiger partial charge in [0.05, 0.1) is 11.8 Å². The van der Waals surface area contributed by atoms with Crippen molar-refractivity contribution in [3.63, 3.8) is 0 Å². The number of hydrogen-bond donors (Lipinski definition) is 0. The number of benzene rings is 1. The third kappa shape index (κ3) is 2.11. The second-order valence-electron chi connectivity index (χ2n) is 3.56. The number of hydrogen-bond acceptors (Lipinski definition) is 3. The first-order valence-corrected chi connectivity index (χ1v) is 4.93. The zero-order valence-corrected chi connectivity index (χ0v) is 9.18. The molecule has 0 saturated carbocycles. The first-order chi connectivity index (χ1) is 7.66. The molecule has 0 N–H and O–H groups in total. The van der Waals surface area contributed by atoms with E-state index < -0.39 is 0 Å². The van der Waals surface area contributed by atoms with Crippen LogP contribution in [0.25, 0.3) is 0 Å². The second-order valence-corrected chi connectivity index (χ2v) is 3.56. The van der Waals surface area contributed by atoms with Crippen LogP contribution in [-0.4, -0.2) is 15.7 Å². The van der Waals surface area contributed by atoms with Gasteiger partial charge in [-0.2, -0.15) is 5.10 Å². The van der Waals surface area contributed by atoms with E-state index in [1.807, 2.05) is 25.1 Å². The molecular formula is C12H12N2O2. The number of carbonyl (C=O) groups is 1. The SMILES string of the molecule is Cc1ccccc1OC(=O)c1cnn(C)c1. The average Bonchev–Trinajstić information content (AvgIpc) is 2.68. The van der Waals surface area contributed by atoms with Gasteiger partial charge in [0.2, 0.25) is 0 Å². The van der Waals surface area contributed by atoms with Gasteiger partial charge in [0.1, 0.15) is 5.75 Å². The van der Waals surface area contributed by atoms with E-state index in [-0.39, 0.29) is 5.97 Å². The van der Waals surface area contributed by atoms with Crippen molar-refractivity contribution in [3.8, 4) is 5.75 Å². The molecular weight excluding hydrogens is 204 g/mol. The van der Waals surface area contributed by atoms with E-state index in [2.05, 4.69) is 5.10 Å². The van der Waals surface area contributed by atoms with Gasteiger partial charge in [0.15, 0.2) is 0 Å². The van der Waals surface area contributed by atoms with Crippen LogP contribution in [0.15, 0.2) is 36.7 Å². The summed E-state index contributed by atoms with van der Waals surface area (Å²) in [6.45, 7) is 1.89. The smallest absolute Gasteiger partial charge is 0.346 e. The average molecular weight is 216 g/mol. The van der Waals surface area contributed by atoms with Crippen molar-refractivity contribution < 1.29 is 9.53 Å². The van der Waals surface area contributed by atoms with Crippen LogP contribution in [0, 0.1) is 6.92 Å². The van der Waals surface area contributed by atoms with Crippen molar-refractivity contribution in [2.45, 2.75) is 6.92 Å². The third-order valence-corrected chi connectivity index (χ3v) is 2.24. The van der Waals surface area contributed by atoms with Crippen molar-refractivity contribution in [1.29, 1.82) is 0 Å². The van der Waals surface area contributed by atoms with E-state index in [9.17, 15) is 4.79 Å². The van der Waals surface area contributed by atoms with Gasteiger partial charge >= 0.3 is 5.97 Å². The van der Waals surface area contributed by atoms with E-state index in [4.69, 9.17) is 4.74 Å². The lowest BCUT2D eigenvalue weighted by Crippen LogP contribution is -2.08. The van der Waals surface area contributed by atoms with Crippen molar-refractivity contribution >= 4 is 5.97 Å². The van der Waals surface area contributed by atoms with Crippen molar-refractivity contribution in [2.24, 2.45) is 7.05 Å². The summed E-state index contributed by atoms with van der Waals surface area (Å²) in [5, 5.41) is 3.92. The molecule has 0 aliphatic heterocycles. The number of aromatic nitrogens is 2. The fourth-order valence-electron chi connectivity index (χ4n) is 1.36. The normalized spacial score (nSPS) is 10.1. The maximum absolute atomic E-state index is 11.7. The summed E-state index contributed by atoms with van der Waals surface area (Å²) in [4.78, 5) is 11.7. The minimum Gasteiger partial charge on any atom is -0.423 e. The van der Waals surface area contributed by atoms with Gasteiger partial charge in [0.25, 0.3) is 0 Å². The lowest BCUT2D eigenvalue weighted by atomic mass is 10.2. The molecule has 0 unspecified atom stereocenters. The Labute approximate surface area is 93.5 Å². The Morgan fingerprint density at radius 3 is 2.75 bits per heavy atom. The maximum Gasteiger partial charge on any atom is 0.346 e. The molecule has 1 heterocycles. The van der Waals surface area contributed by atoms with Crippen molar-refractivity contribution in [2.75, 3.05) is 0 Å². The Morgan fingerprint density at radius 1 is 1.38 bits per heavy atom. The first-order valence-electron chi connectivity index (χ1n) is 4.93. The predicted octanol–water partition coefficient (Wildman–Crippen LogP) is 1.95. The van der Waals surface area contributed by atoms with E-state index >= 15 is 0 Å². The molecule has 1 aromatic heterocycles. The fourth-order valence-corrected chi connectivity index (χ4v) is 1.36. The topological polar surface area (TPSA) is 44.1 Å². The molecule has 4 nitrogen and oxygen atoms in total. The maximum atomic E-state index is 11.7. The van der Waals surface area contributed by atoms with E-state index in [0.717, 1.165) is 5.56 Å². The molecule has 0 atom stereocenters. The largest absolute Gasteiger partial charge is 0.423 e. The van der Waals surface area contributed by atoms with Crippen LogP contribution in [0.5, 0.6) is 5.75 Å². The number of rotatable bonds is 2. The minimum atomic E-state index is -0.387. The number of nitrogens with zero attached hydrogens (tertiary/aromatic N) is 2. The zero-order valence-electron chi connectivity index (χ0n) is 9.18. The van der Waals surface area contributed by atoms with Crippen LogP contribution in [0.2, 0.25) is 0 Å². The van der Waals surface area contributed by atoms with Crippen LogP contribution >= 0.6 is 0 Å². The number of esters is 1. The number of aryl methyl sites for hydroxylation is 2. The highest BCUT2D eigenvalue weighted by atomic mass is 16.5. The molecule has 1 aromatic carbocycles. The Hall–Kier alpha value is -2.10. The standard InChI is InChI=1S/C12H12N2O2/c1-9-5-3-4-6-11(9)16-12(15)10-7-13-14(2)8-10/h3-8H,1-2H3. The molecule has 0 aliphatic rings. The molecule has 0 amide bonds. The summed E-state index contributed by atoms with van der Waals surface area (Å²) in [6.07, 6.45) is 3.11. The monoisotopic (exact) mass is 216 g/mol. The molecule has 0 bridgehead atoms. The minimum absolute atomic E-state index is 0.387. The summed E-state index contributed by atoms with van der Waals surface area (Å²) in [6, 6.07) is 7.39. The Morgan fingerprint density at radius 2 is 2.12 bits per heavy atom. The van der Waals surface area contributed by atoms with Crippen LogP contribution in [-0.2, 0) is 7.05 Å². The molecule has 0 aliphatic carbocycles. The Kier molecular flexibility index (Phi) is 2.72. The van der Waals surface area contributed by atoms with E-state index in [1.54, 1.807) is 24.0 Å². The zero-order chi connectivity index (χ0) is 11.5. The first kappa shape index (κ1) is 10.4. The predicted molar refractivity (Wildman–Crippen MR) is 59.3 cm³/mol. The van der Waals surface area contributed by atoms with Gasteiger partial charge in [-0.25, -0.2) is 4.79 Å². The number of ether oxygens (including phenoxy) is 1. The summed E-state index contributed by atoms with van der Waals surface area (Å²) in [7, 11) is 1.75. The highest BCUT2D eigenvalue weighted by Crippen LogP contribution is 2.17. The third-order valence-electron chi connectivity index (χ3n) is 2.24. The quantitative estimate of drug-likeness (QED) is 0.569. The number of carbonyl (C=O) groups excluding carboxylic acids is 1. The van der Waals surface area contributed by atoms with Gasteiger partial charge in [-0.05, 0) is 18.6 Å². The van der Waals surface area contributed by atoms with Crippen LogP contribution in [0.3, 0.4) is 0 Å². The molecule has 0 saturated heterocycles. The summed E-state index contributed by atoms with van der Waals surface area (Å²) >= 11 is 0. The van der Waals surface area contributed by atoms with Gasteiger partial charge in [-0.1, -0.05) is 18.2 Å². The van der Waals surface area contributed by atoms with Gasteiger partial charge in [0, 0.05) is 13.2 Å². The summed E-state index contributed by atoms with van der Waals surface area (Å²) < 4.78 is 6.82. The summed E-state index contributed by atoms with van der Waals surface area (Å²) in [5.74, 6) is 0.193. The lowest BCUT2D eigenvalue weighted by molar-refractivity contribution is 0.0733. The molecule has 0 spiro atoms. The van der Waals surface area contributed by atoms with Crippen LogP contribution < -0.4 is 4.74 Å². The van der Waals surface area contributed by atoms with Crippen molar-refractivity contribution in [3.05, 3.63) is 47.8 Å². The molecule has 2 aromatic rings. The van der Waals surface area contributed by atoms with Crippen molar-refractivity contribution in [1.82, 2.24) is 9.78 Å². The number of para-hydroxylation sites is 1. The highest BCUT2D eigenvalue weighted by molar-refractivity contribution is 5.90. The molecule has 4 heteroatoms. The fraction of sp³-hybridized carbons (Fsp3) is 0.167. The van der Waals surface area contributed by atoms with Gasteiger partial charge in [-0.15, -0.1) is 0 Å². The van der Waals surface area contributed by atoms with Crippen LogP contribution in [0.1, 0.15) is 15.9 Å². The van der Waals surface area contributed by atoms with Crippen LogP contribution in [0.4, 0.5) is 0 Å². The highest BCUT2D eigenvalue weighted by Gasteiger charge is 2.11. The summed E-state index contributed by atoms with van der Waals surface area (Å²) in [5.41, 5.74) is 1.38. The Bertz CT molecular complexity index is 517.